The van der Waals surface area contributed by atoms with Crippen LogP contribution in [-0.2, 0) is 0 Å². The van der Waals surface area contributed by atoms with Gasteiger partial charge in [0.05, 0.1) is 5.02 Å². The smallest absolute Gasteiger partial charge is 0.0548 e. The fraction of sp³-hybridized carbons (Fsp3) is 0.250. The number of aryl methyl sites for hydroxylation is 1. The summed E-state index contributed by atoms with van der Waals surface area (Å²) in [6, 6.07) is 14.9. The Morgan fingerprint density at radius 3 is 2.47 bits per heavy atom. The highest BCUT2D eigenvalue weighted by molar-refractivity contribution is 7.99. The standard InChI is InChI=1S/C16H18ClNS/c1-11-6-4-5-7-15(11)19-16-9-8-13(10-14(16)17)12(2)18-3/h4-10,12,18H,1-3H3. The summed E-state index contributed by atoms with van der Waals surface area (Å²) in [5.41, 5.74) is 2.48. The molecular formula is C16H18ClNS. The predicted octanol–water partition coefficient (Wildman–Crippen LogP) is 5.08. The molecule has 1 nitrogen and oxygen atoms in total. The fourth-order valence-electron chi connectivity index (χ4n) is 1.83. The van der Waals surface area contributed by atoms with Gasteiger partial charge in [-0.05, 0) is 50.2 Å². The lowest BCUT2D eigenvalue weighted by Gasteiger charge is -2.13. The van der Waals surface area contributed by atoms with E-state index >= 15 is 0 Å². The minimum Gasteiger partial charge on any atom is -0.313 e. The summed E-state index contributed by atoms with van der Waals surface area (Å²) in [6.45, 7) is 4.24. The molecule has 19 heavy (non-hydrogen) atoms. The van der Waals surface area contributed by atoms with E-state index in [1.165, 1.54) is 16.0 Å². The van der Waals surface area contributed by atoms with Crippen molar-refractivity contribution in [1.82, 2.24) is 5.32 Å². The summed E-state index contributed by atoms with van der Waals surface area (Å²) < 4.78 is 0. The van der Waals surface area contributed by atoms with E-state index in [1.807, 2.05) is 13.1 Å². The van der Waals surface area contributed by atoms with Gasteiger partial charge in [-0.25, -0.2) is 0 Å². The molecule has 0 aliphatic carbocycles. The molecule has 0 aliphatic rings. The molecule has 0 radical (unpaired) electrons. The summed E-state index contributed by atoms with van der Waals surface area (Å²) in [5, 5.41) is 4.03. The van der Waals surface area contributed by atoms with Crippen LogP contribution in [0.25, 0.3) is 0 Å². The van der Waals surface area contributed by atoms with Crippen LogP contribution in [0.3, 0.4) is 0 Å². The second-order valence-electron chi connectivity index (χ2n) is 4.57. The van der Waals surface area contributed by atoms with Crippen LogP contribution >= 0.6 is 23.4 Å². The Morgan fingerprint density at radius 1 is 1.11 bits per heavy atom. The van der Waals surface area contributed by atoms with E-state index in [0.29, 0.717) is 6.04 Å². The van der Waals surface area contributed by atoms with Crippen molar-refractivity contribution in [3.8, 4) is 0 Å². The minimum atomic E-state index is 0.315. The Hall–Kier alpha value is -0.960. The van der Waals surface area contributed by atoms with Gasteiger partial charge in [0, 0.05) is 15.8 Å². The second-order valence-corrected chi connectivity index (χ2v) is 6.06. The number of rotatable bonds is 4. The average Bonchev–Trinajstić information content (AvgIpc) is 2.42. The zero-order chi connectivity index (χ0) is 13.8. The van der Waals surface area contributed by atoms with Gasteiger partial charge in [0.25, 0.3) is 0 Å². The van der Waals surface area contributed by atoms with Gasteiger partial charge in [-0.1, -0.05) is 47.6 Å². The molecule has 0 aliphatic heterocycles. The highest BCUT2D eigenvalue weighted by atomic mass is 35.5. The Labute approximate surface area is 124 Å². The van der Waals surface area contributed by atoms with E-state index in [1.54, 1.807) is 11.8 Å². The summed E-state index contributed by atoms with van der Waals surface area (Å²) in [4.78, 5) is 2.35. The van der Waals surface area contributed by atoms with E-state index in [2.05, 4.69) is 55.6 Å². The molecule has 1 N–H and O–H groups in total. The summed E-state index contributed by atoms with van der Waals surface area (Å²) >= 11 is 8.10. The van der Waals surface area contributed by atoms with Crippen LogP contribution in [0.1, 0.15) is 24.1 Å². The molecule has 0 fully saturated rings. The van der Waals surface area contributed by atoms with Crippen LogP contribution in [0, 0.1) is 6.92 Å². The molecule has 0 saturated heterocycles. The molecule has 2 rings (SSSR count). The van der Waals surface area contributed by atoms with E-state index < -0.39 is 0 Å². The number of halogens is 1. The van der Waals surface area contributed by atoms with Crippen LogP contribution < -0.4 is 5.32 Å². The maximum Gasteiger partial charge on any atom is 0.0548 e. The molecule has 1 unspecified atom stereocenters. The van der Waals surface area contributed by atoms with Crippen LogP contribution in [0.5, 0.6) is 0 Å². The zero-order valence-electron chi connectivity index (χ0n) is 11.4. The van der Waals surface area contributed by atoms with Gasteiger partial charge in [0.15, 0.2) is 0 Å². The monoisotopic (exact) mass is 291 g/mol. The molecule has 100 valence electrons. The molecule has 0 spiro atoms. The maximum atomic E-state index is 6.38. The molecule has 3 heteroatoms. The maximum absolute atomic E-state index is 6.38. The lowest BCUT2D eigenvalue weighted by molar-refractivity contribution is 0.652. The largest absolute Gasteiger partial charge is 0.313 e. The molecule has 0 aromatic heterocycles. The lowest BCUT2D eigenvalue weighted by Crippen LogP contribution is -2.12. The Bertz CT molecular complexity index is 568. The number of nitrogens with one attached hydrogen (secondary N) is 1. The van der Waals surface area contributed by atoms with E-state index in [0.717, 1.165) is 9.92 Å². The van der Waals surface area contributed by atoms with Gasteiger partial charge in [-0.3, -0.25) is 0 Å². The van der Waals surface area contributed by atoms with Gasteiger partial charge >= 0.3 is 0 Å². The van der Waals surface area contributed by atoms with Crippen LogP contribution in [0.15, 0.2) is 52.3 Å². The lowest BCUT2D eigenvalue weighted by atomic mass is 10.1. The third kappa shape index (κ3) is 3.53. The third-order valence-electron chi connectivity index (χ3n) is 3.20. The number of hydrogen-bond acceptors (Lipinski definition) is 2. The average molecular weight is 292 g/mol. The van der Waals surface area contributed by atoms with Gasteiger partial charge in [0.2, 0.25) is 0 Å². The first-order valence-electron chi connectivity index (χ1n) is 6.32. The molecule has 0 heterocycles. The first-order valence-corrected chi connectivity index (χ1v) is 7.51. The Balaban J connectivity index is 2.25. The van der Waals surface area contributed by atoms with Crippen LogP contribution in [0.2, 0.25) is 5.02 Å². The highest BCUT2D eigenvalue weighted by Gasteiger charge is 2.08. The van der Waals surface area contributed by atoms with Crippen molar-refractivity contribution < 1.29 is 0 Å². The summed E-state index contributed by atoms with van der Waals surface area (Å²) in [5.74, 6) is 0. The van der Waals surface area contributed by atoms with Gasteiger partial charge in [-0.15, -0.1) is 0 Å². The van der Waals surface area contributed by atoms with Crippen molar-refractivity contribution in [2.45, 2.75) is 29.7 Å². The molecule has 2 aromatic rings. The van der Waals surface area contributed by atoms with E-state index in [9.17, 15) is 0 Å². The van der Waals surface area contributed by atoms with Crippen molar-refractivity contribution in [3.63, 3.8) is 0 Å². The van der Waals surface area contributed by atoms with Crippen LogP contribution in [0.4, 0.5) is 0 Å². The van der Waals surface area contributed by atoms with E-state index in [4.69, 9.17) is 11.6 Å². The quantitative estimate of drug-likeness (QED) is 0.843. The topological polar surface area (TPSA) is 12.0 Å². The normalized spacial score (nSPS) is 12.4. The van der Waals surface area contributed by atoms with Crippen molar-refractivity contribution in [3.05, 3.63) is 58.6 Å². The predicted molar refractivity (Wildman–Crippen MR) is 84.2 cm³/mol. The molecule has 0 amide bonds. The van der Waals surface area contributed by atoms with Crippen molar-refractivity contribution in [2.24, 2.45) is 0 Å². The molecule has 0 saturated carbocycles. The number of benzene rings is 2. The van der Waals surface area contributed by atoms with Gasteiger partial charge in [-0.2, -0.15) is 0 Å². The van der Waals surface area contributed by atoms with Gasteiger partial charge < -0.3 is 5.32 Å². The first kappa shape index (κ1) is 14.4. The van der Waals surface area contributed by atoms with Crippen molar-refractivity contribution in [1.29, 1.82) is 0 Å². The number of hydrogen-bond donors (Lipinski definition) is 1. The Kier molecular flexibility index (Phi) is 4.92. The second kappa shape index (κ2) is 6.47. The molecule has 0 bridgehead atoms. The first-order chi connectivity index (χ1) is 9.11. The zero-order valence-corrected chi connectivity index (χ0v) is 13.0. The molecular weight excluding hydrogens is 274 g/mol. The van der Waals surface area contributed by atoms with Gasteiger partial charge in [0.1, 0.15) is 0 Å². The highest BCUT2D eigenvalue weighted by Crippen LogP contribution is 2.36. The third-order valence-corrected chi connectivity index (χ3v) is 4.88. The Morgan fingerprint density at radius 2 is 1.84 bits per heavy atom. The van der Waals surface area contributed by atoms with E-state index in [-0.39, 0.29) is 0 Å². The summed E-state index contributed by atoms with van der Waals surface area (Å²) in [7, 11) is 1.95. The van der Waals surface area contributed by atoms with Crippen LogP contribution in [-0.4, -0.2) is 7.05 Å². The minimum absolute atomic E-state index is 0.315. The van der Waals surface area contributed by atoms with Crippen molar-refractivity contribution in [2.75, 3.05) is 7.05 Å². The molecule has 2 aromatic carbocycles. The van der Waals surface area contributed by atoms with Crippen molar-refractivity contribution >= 4 is 23.4 Å². The fourth-order valence-corrected chi connectivity index (χ4v) is 3.04. The molecule has 1 atom stereocenters. The SMILES string of the molecule is CNC(C)c1ccc(Sc2ccccc2C)c(Cl)c1. The summed E-state index contributed by atoms with van der Waals surface area (Å²) in [6.07, 6.45) is 0.